The Morgan fingerprint density at radius 1 is 0.966 bits per heavy atom. The van der Waals surface area contributed by atoms with Crippen LogP contribution in [0.5, 0.6) is 5.75 Å². The Hall–Kier alpha value is -2.70. The van der Waals surface area contributed by atoms with Crippen molar-refractivity contribution in [3.8, 4) is 5.75 Å². The lowest BCUT2D eigenvalue weighted by Crippen LogP contribution is -2.48. The van der Waals surface area contributed by atoms with Crippen molar-refractivity contribution in [2.45, 2.75) is 20.4 Å². The van der Waals surface area contributed by atoms with Crippen molar-refractivity contribution in [3.63, 3.8) is 0 Å². The Balaban J connectivity index is 1.45. The first kappa shape index (κ1) is 21.0. The number of amides is 1. The number of rotatable bonds is 8. The van der Waals surface area contributed by atoms with Crippen LogP contribution in [0.15, 0.2) is 48.5 Å². The molecule has 1 aliphatic heterocycles. The van der Waals surface area contributed by atoms with E-state index in [9.17, 15) is 9.59 Å². The molecule has 6 heteroatoms. The number of piperazine rings is 1. The molecule has 0 radical (unpaired) electrons. The normalized spacial score (nSPS) is 15.1. The van der Waals surface area contributed by atoms with Crippen LogP contribution in [0.4, 0.5) is 5.69 Å². The minimum atomic E-state index is -0.0846. The summed E-state index contributed by atoms with van der Waals surface area (Å²) in [7, 11) is 0. The standard InChI is InChI=1S/C23H29N3O3/c1-3-29-20-10-8-19(9-11-20)16-25-12-14-26(15-13-25)17-23(28)24-22-7-5-4-6-21(22)18(2)27/h4-11H,3,12-17H2,1-2H3,(H,24,28). The Labute approximate surface area is 172 Å². The average Bonchev–Trinajstić information content (AvgIpc) is 2.71. The molecule has 1 N–H and O–H groups in total. The molecule has 29 heavy (non-hydrogen) atoms. The highest BCUT2D eigenvalue weighted by atomic mass is 16.5. The minimum absolute atomic E-state index is 0.0520. The number of hydrogen-bond acceptors (Lipinski definition) is 5. The van der Waals surface area contributed by atoms with E-state index in [0.717, 1.165) is 38.5 Å². The largest absolute Gasteiger partial charge is 0.494 e. The van der Waals surface area contributed by atoms with Crippen LogP contribution in [0.2, 0.25) is 0 Å². The quantitative estimate of drug-likeness (QED) is 0.696. The molecule has 1 fully saturated rings. The SMILES string of the molecule is CCOc1ccc(CN2CCN(CC(=O)Nc3ccccc3C(C)=O)CC2)cc1. The molecular weight excluding hydrogens is 366 g/mol. The van der Waals surface area contributed by atoms with Crippen molar-refractivity contribution < 1.29 is 14.3 Å². The predicted octanol–water partition coefficient (Wildman–Crippen LogP) is 3.04. The van der Waals surface area contributed by atoms with E-state index in [1.54, 1.807) is 18.2 Å². The summed E-state index contributed by atoms with van der Waals surface area (Å²) in [4.78, 5) is 28.7. The van der Waals surface area contributed by atoms with Gasteiger partial charge in [0.05, 0.1) is 18.8 Å². The monoisotopic (exact) mass is 395 g/mol. The Kier molecular flexibility index (Phi) is 7.38. The van der Waals surface area contributed by atoms with Gasteiger partial charge in [0.25, 0.3) is 0 Å². The number of carbonyl (C=O) groups excluding carboxylic acids is 2. The molecule has 6 nitrogen and oxygen atoms in total. The molecule has 0 saturated carbocycles. The molecule has 1 aliphatic rings. The van der Waals surface area contributed by atoms with Gasteiger partial charge >= 0.3 is 0 Å². The van der Waals surface area contributed by atoms with E-state index in [2.05, 4.69) is 27.2 Å². The molecule has 1 amide bonds. The maximum absolute atomic E-state index is 12.4. The number of nitrogens with one attached hydrogen (secondary N) is 1. The van der Waals surface area contributed by atoms with E-state index in [4.69, 9.17) is 4.74 Å². The van der Waals surface area contributed by atoms with Crippen molar-refractivity contribution in [3.05, 3.63) is 59.7 Å². The first-order valence-corrected chi connectivity index (χ1v) is 10.1. The number of ether oxygens (including phenoxy) is 1. The third-order valence-electron chi connectivity index (χ3n) is 5.05. The molecule has 0 aliphatic carbocycles. The van der Waals surface area contributed by atoms with Gasteiger partial charge in [-0.05, 0) is 43.7 Å². The first-order chi connectivity index (χ1) is 14.0. The lowest BCUT2D eigenvalue weighted by atomic mass is 10.1. The third kappa shape index (κ3) is 6.14. The fourth-order valence-corrected chi connectivity index (χ4v) is 3.51. The summed E-state index contributed by atoms with van der Waals surface area (Å²) < 4.78 is 5.49. The topological polar surface area (TPSA) is 61.9 Å². The van der Waals surface area contributed by atoms with Crippen molar-refractivity contribution in [1.82, 2.24) is 9.80 Å². The molecule has 0 spiro atoms. The highest BCUT2D eigenvalue weighted by molar-refractivity contribution is 6.04. The van der Waals surface area contributed by atoms with Gasteiger partial charge in [-0.3, -0.25) is 19.4 Å². The van der Waals surface area contributed by atoms with Gasteiger partial charge in [0, 0.05) is 38.3 Å². The van der Waals surface area contributed by atoms with Crippen LogP contribution in [-0.2, 0) is 11.3 Å². The number of nitrogens with zero attached hydrogens (tertiary/aromatic N) is 2. The van der Waals surface area contributed by atoms with Gasteiger partial charge in [-0.25, -0.2) is 0 Å². The number of para-hydroxylation sites is 1. The highest BCUT2D eigenvalue weighted by Gasteiger charge is 2.19. The summed E-state index contributed by atoms with van der Waals surface area (Å²) in [5.41, 5.74) is 2.39. The Morgan fingerprint density at radius 3 is 2.28 bits per heavy atom. The highest BCUT2D eigenvalue weighted by Crippen LogP contribution is 2.16. The van der Waals surface area contributed by atoms with E-state index in [1.807, 2.05) is 25.1 Å². The molecule has 1 saturated heterocycles. The smallest absolute Gasteiger partial charge is 0.238 e. The second kappa shape index (κ2) is 10.2. The van der Waals surface area contributed by atoms with Crippen LogP contribution in [-0.4, -0.2) is 60.8 Å². The van der Waals surface area contributed by atoms with Gasteiger partial charge < -0.3 is 10.1 Å². The maximum Gasteiger partial charge on any atom is 0.238 e. The van der Waals surface area contributed by atoms with Gasteiger partial charge in [-0.15, -0.1) is 0 Å². The molecular formula is C23H29N3O3. The fraction of sp³-hybridized carbons (Fsp3) is 0.391. The Morgan fingerprint density at radius 2 is 1.62 bits per heavy atom. The third-order valence-corrected chi connectivity index (χ3v) is 5.05. The average molecular weight is 396 g/mol. The zero-order valence-corrected chi connectivity index (χ0v) is 17.2. The number of hydrogen-bond donors (Lipinski definition) is 1. The first-order valence-electron chi connectivity index (χ1n) is 10.1. The van der Waals surface area contributed by atoms with Crippen molar-refractivity contribution >= 4 is 17.4 Å². The van der Waals surface area contributed by atoms with E-state index in [0.29, 0.717) is 24.4 Å². The van der Waals surface area contributed by atoms with Gasteiger partial charge in [0.15, 0.2) is 5.78 Å². The van der Waals surface area contributed by atoms with Crippen LogP contribution in [0, 0.1) is 0 Å². The van der Waals surface area contributed by atoms with Crippen LogP contribution in [0.25, 0.3) is 0 Å². The molecule has 0 unspecified atom stereocenters. The molecule has 154 valence electrons. The molecule has 0 bridgehead atoms. The number of Topliss-reactive ketones (excluding diaryl/α,β-unsaturated/α-hetero) is 1. The van der Waals surface area contributed by atoms with Crippen molar-refractivity contribution in [2.24, 2.45) is 0 Å². The number of carbonyl (C=O) groups is 2. The Bertz CT molecular complexity index is 828. The fourth-order valence-electron chi connectivity index (χ4n) is 3.51. The lowest BCUT2D eigenvalue weighted by molar-refractivity contribution is -0.117. The van der Waals surface area contributed by atoms with Crippen molar-refractivity contribution in [2.75, 3.05) is 44.6 Å². The maximum atomic E-state index is 12.4. The molecule has 2 aromatic carbocycles. The number of benzene rings is 2. The summed E-state index contributed by atoms with van der Waals surface area (Å²) in [6, 6.07) is 15.4. The summed E-state index contributed by atoms with van der Waals surface area (Å²) in [6.45, 7) is 8.94. The summed E-state index contributed by atoms with van der Waals surface area (Å²) >= 11 is 0. The second-order valence-electron chi connectivity index (χ2n) is 7.28. The summed E-state index contributed by atoms with van der Waals surface area (Å²) in [6.07, 6.45) is 0. The minimum Gasteiger partial charge on any atom is -0.494 e. The molecule has 3 rings (SSSR count). The van der Waals surface area contributed by atoms with Crippen LogP contribution >= 0.6 is 0 Å². The van der Waals surface area contributed by atoms with Crippen molar-refractivity contribution in [1.29, 1.82) is 0 Å². The lowest BCUT2D eigenvalue weighted by Gasteiger charge is -2.34. The van der Waals surface area contributed by atoms with Gasteiger partial charge in [-0.1, -0.05) is 24.3 Å². The van der Waals surface area contributed by atoms with E-state index in [-0.39, 0.29) is 11.7 Å². The zero-order chi connectivity index (χ0) is 20.6. The van der Waals surface area contributed by atoms with Gasteiger partial charge in [-0.2, -0.15) is 0 Å². The molecule has 1 heterocycles. The van der Waals surface area contributed by atoms with Crippen LogP contribution < -0.4 is 10.1 Å². The summed E-state index contributed by atoms with van der Waals surface area (Å²) in [5, 5.41) is 2.88. The van der Waals surface area contributed by atoms with Gasteiger partial charge in [0.2, 0.25) is 5.91 Å². The summed E-state index contributed by atoms with van der Waals surface area (Å²) in [5.74, 6) is 0.765. The number of anilines is 1. The van der Waals surface area contributed by atoms with Crippen LogP contribution in [0.1, 0.15) is 29.8 Å². The second-order valence-corrected chi connectivity index (χ2v) is 7.28. The van der Waals surface area contributed by atoms with Gasteiger partial charge in [0.1, 0.15) is 5.75 Å². The molecule has 0 atom stereocenters. The van der Waals surface area contributed by atoms with E-state index < -0.39 is 0 Å². The molecule has 2 aromatic rings. The van der Waals surface area contributed by atoms with Crippen LogP contribution in [0.3, 0.4) is 0 Å². The number of ketones is 1. The predicted molar refractivity (Wildman–Crippen MR) is 114 cm³/mol. The zero-order valence-electron chi connectivity index (χ0n) is 17.2. The van der Waals surface area contributed by atoms with E-state index in [1.165, 1.54) is 12.5 Å². The van der Waals surface area contributed by atoms with E-state index >= 15 is 0 Å². The molecule has 0 aromatic heterocycles.